The van der Waals surface area contributed by atoms with Crippen LogP contribution in [0.1, 0.15) is 20.9 Å². The average Bonchev–Trinajstić information content (AvgIpc) is 3.64. The van der Waals surface area contributed by atoms with Crippen LogP contribution in [0.4, 0.5) is 11.4 Å². The van der Waals surface area contributed by atoms with Crippen LogP contribution in [0.5, 0.6) is 0 Å². The topological polar surface area (TPSA) is 69.2 Å². The number of benzene rings is 2. The number of hydrogen-bond donors (Lipinski definition) is 2. The Balaban J connectivity index is 1.41. The van der Waals surface area contributed by atoms with Crippen molar-refractivity contribution in [2.75, 3.05) is 5.73 Å². The van der Waals surface area contributed by atoms with Gasteiger partial charge in [-0.3, -0.25) is 10.1 Å². The molecule has 174 valence electrons. The highest BCUT2D eigenvalue weighted by molar-refractivity contribution is 7.80. The first-order valence-corrected chi connectivity index (χ1v) is 13.6. The monoisotopic (exact) mass is 540 g/mol. The highest BCUT2D eigenvalue weighted by Crippen LogP contribution is 2.32. The van der Waals surface area contributed by atoms with Gasteiger partial charge < -0.3 is 5.73 Å². The molecule has 0 atom stereocenters. The van der Waals surface area contributed by atoms with Crippen LogP contribution in [-0.4, -0.2) is 4.92 Å². The molecule has 3 heterocycles. The second kappa shape index (κ2) is 10.4. The summed E-state index contributed by atoms with van der Waals surface area (Å²) in [6, 6.07) is 22.7. The third-order valence-electron chi connectivity index (χ3n) is 5.13. The van der Waals surface area contributed by atoms with Crippen LogP contribution in [0.2, 0.25) is 0 Å². The largest absolute Gasteiger partial charge is 0.398 e. The number of rotatable bonds is 3. The van der Waals surface area contributed by atoms with Gasteiger partial charge in [0.2, 0.25) is 0 Å². The Kier molecular flexibility index (Phi) is 6.95. The van der Waals surface area contributed by atoms with E-state index in [1.54, 1.807) is 34.0 Å². The Bertz CT molecular complexity index is 1690. The first-order chi connectivity index (χ1) is 17.5. The minimum Gasteiger partial charge on any atom is -0.398 e. The van der Waals surface area contributed by atoms with Crippen molar-refractivity contribution in [3.8, 4) is 43.9 Å². The normalized spacial score (nSPS) is 10.2. The van der Waals surface area contributed by atoms with E-state index in [2.05, 4.69) is 42.4 Å². The number of hydrogen-bond acceptors (Lipinski definition) is 7. The highest BCUT2D eigenvalue weighted by Gasteiger charge is 2.15. The van der Waals surface area contributed by atoms with E-state index in [0.29, 0.717) is 11.3 Å². The maximum Gasteiger partial charge on any atom is 0.286 e. The maximum atomic E-state index is 11.8. The molecule has 8 heteroatoms. The third kappa shape index (κ3) is 5.38. The zero-order chi connectivity index (χ0) is 25.1. The van der Waals surface area contributed by atoms with Gasteiger partial charge in [0.1, 0.15) is 5.56 Å². The molecule has 4 nitrogen and oxygen atoms in total. The van der Waals surface area contributed by atoms with Gasteiger partial charge in [0.05, 0.1) is 20.2 Å². The van der Waals surface area contributed by atoms with Crippen molar-refractivity contribution in [1.29, 1.82) is 0 Å². The molecule has 2 N–H and O–H groups in total. The van der Waals surface area contributed by atoms with Crippen molar-refractivity contribution in [2.24, 2.45) is 0 Å². The molecule has 0 saturated carbocycles. The lowest BCUT2D eigenvalue weighted by molar-refractivity contribution is -0.385. The summed E-state index contributed by atoms with van der Waals surface area (Å²) >= 11 is 9.07. The molecule has 5 aromatic rings. The minimum atomic E-state index is -0.450. The molecule has 5 rings (SSSR count). The standard InChI is InChI=1S/C28H16N2O2S4/c29-24-16-20(6-10-23-12-14-28(36-23)27-2-1-15-34-27)25(30(31)32)17-19(24)5-9-22-11-13-26(35-22)18-3-7-21(33)8-4-18/h1-4,7-8,11-17,33H,29H2. The molecule has 0 saturated heterocycles. The van der Waals surface area contributed by atoms with Crippen molar-refractivity contribution < 1.29 is 4.92 Å². The van der Waals surface area contributed by atoms with Crippen molar-refractivity contribution in [2.45, 2.75) is 4.90 Å². The summed E-state index contributed by atoms with van der Waals surface area (Å²) < 4.78 is 0. The van der Waals surface area contributed by atoms with Crippen LogP contribution >= 0.6 is 46.6 Å². The molecule has 2 aromatic carbocycles. The minimum absolute atomic E-state index is 0.116. The Morgan fingerprint density at radius 1 is 0.778 bits per heavy atom. The first-order valence-electron chi connectivity index (χ1n) is 10.6. The van der Waals surface area contributed by atoms with E-state index in [9.17, 15) is 10.1 Å². The maximum absolute atomic E-state index is 11.8. The molecular weight excluding hydrogens is 525 g/mol. The quantitative estimate of drug-likeness (QED) is 0.0807. The summed E-state index contributed by atoms with van der Waals surface area (Å²) in [6.07, 6.45) is 0. The number of thiol groups is 1. The summed E-state index contributed by atoms with van der Waals surface area (Å²) in [5, 5.41) is 13.8. The van der Waals surface area contributed by atoms with Crippen LogP contribution in [-0.2, 0) is 0 Å². The van der Waals surface area contributed by atoms with E-state index < -0.39 is 4.92 Å². The summed E-state index contributed by atoms with van der Waals surface area (Å²) in [7, 11) is 0. The van der Waals surface area contributed by atoms with E-state index in [0.717, 1.165) is 30.0 Å². The van der Waals surface area contributed by atoms with E-state index in [4.69, 9.17) is 5.73 Å². The fourth-order valence-electron chi connectivity index (χ4n) is 3.36. The van der Waals surface area contributed by atoms with Gasteiger partial charge in [-0.15, -0.1) is 46.6 Å². The molecule has 0 aliphatic rings. The molecule has 0 aliphatic carbocycles. The molecule has 0 unspecified atom stereocenters. The summed E-state index contributed by atoms with van der Waals surface area (Å²) in [6.45, 7) is 0. The molecule has 3 aromatic heterocycles. The molecule has 0 fully saturated rings. The first kappa shape index (κ1) is 23.9. The second-order valence-electron chi connectivity index (χ2n) is 7.57. The third-order valence-corrected chi connectivity index (χ3v) is 8.55. The number of anilines is 1. The van der Waals surface area contributed by atoms with Crippen LogP contribution < -0.4 is 5.73 Å². The number of nitrogen functional groups attached to an aromatic ring is 1. The van der Waals surface area contributed by atoms with Gasteiger partial charge >= 0.3 is 0 Å². The number of nitrogens with zero attached hydrogens (tertiary/aromatic N) is 1. The van der Waals surface area contributed by atoms with Crippen LogP contribution in [0.25, 0.3) is 20.2 Å². The van der Waals surface area contributed by atoms with Crippen LogP contribution in [0.15, 0.2) is 83.1 Å². The van der Waals surface area contributed by atoms with Gasteiger partial charge in [-0.2, -0.15) is 0 Å². The van der Waals surface area contributed by atoms with Gasteiger partial charge in [0, 0.05) is 31.3 Å². The van der Waals surface area contributed by atoms with Crippen molar-refractivity contribution in [3.05, 3.63) is 109 Å². The molecule has 0 bridgehead atoms. The van der Waals surface area contributed by atoms with Gasteiger partial charge in [0.25, 0.3) is 5.69 Å². The predicted octanol–water partition coefficient (Wildman–Crippen LogP) is 7.78. The van der Waals surface area contributed by atoms with Crippen LogP contribution in [0.3, 0.4) is 0 Å². The van der Waals surface area contributed by atoms with Crippen molar-refractivity contribution in [1.82, 2.24) is 0 Å². The molecule has 0 aliphatic heterocycles. The van der Waals surface area contributed by atoms with Gasteiger partial charge in [-0.25, -0.2) is 0 Å². The summed E-state index contributed by atoms with van der Waals surface area (Å²) in [4.78, 5) is 17.2. The Labute approximate surface area is 225 Å². The fourth-order valence-corrected chi connectivity index (χ4v) is 6.07. The molecule has 36 heavy (non-hydrogen) atoms. The van der Waals surface area contributed by atoms with E-state index >= 15 is 0 Å². The lowest BCUT2D eigenvalue weighted by Crippen LogP contribution is -1.98. The smallest absolute Gasteiger partial charge is 0.286 e. The van der Waals surface area contributed by atoms with Gasteiger partial charge in [-0.1, -0.05) is 41.9 Å². The van der Waals surface area contributed by atoms with E-state index in [-0.39, 0.29) is 11.3 Å². The van der Waals surface area contributed by atoms with Crippen LogP contribution in [0, 0.1) is 33.8 Å². The Morgan fingerprint density at radius 2 is 1.44 bits per heavy atom. The van der Waals surface area contributed by atoms with E-state index in [1.165, 1.54) is 17.0 Å². The zero-order valence-corrected chi connectivity index (χ0v) is 21.9. The number of thiophene rings is 3. The molecule has 0 spiro atoms. The van der Waals surface area contributed by atoms with E-state index in [1.807, 2.05) is 60.0 Å². The molecular formula is C28H16N2O2S4. The molecule has 0 amide bonds. The number of nitrogens with two attached hydrogens (primary N) is 1. The second-order valence-corrected chi connectivity index (χ2v) is 11.2. The average molecular weight is 541 g/mol. The highest BCUT2D eigenvalue weighted by atomic mass is 32.1. The SMILES string of the molecule is Nc1cc(C#Cc2ccc(-c3cccs3)s2)c([N+](=O)[O-])cc1C#Cc1ccc(-c2ccc(S)cc2)s1. The number of nitro groups is 1. The van der Waals surface area contributed by atoms with Crippen molar-refractivity contribution in [3.63, 3.8) is 0 Å². The predicted molar refractivity (Wildman–Crippen MR) is 154 cm³/mol. The van der Waals surface area contributed by atoms with Gasteiger partial charge in [-0.05, 0) is 59.5 Å². The summed E-state index contributed by atoms with van der Waals surface area (Å²) in [5.74, 6) is 12.0. The fraction of sp³-hybridized carbons (Fsp3) is 0. The van der Waals surface area contributed by atoms with Gasteiger partial charge in [0.15, 0.2) is 0 Å². The van der Waals surface area contributed by atoms with Crippen molar-refractivity contribution >= 4 is 58.0 Å². The number of nitro benzene ring substituents is 1. The zero-order valence-electron chi connectivity index (χ0n) is 18.5. The Morgan fingerprint density at radius 3 is 2.11 bits per heavy atom. The lowest BCUT2D eigenvalue weighted by atomic mass is 10.1. The summed E-state index contributed by atoms with van der Waals surface area (Å²) in [5.41, 5.74) is 8.19. The Hall–Kier alpha value is -3.79. The lowest BCUT2D eigenvalue weighted by Gasteiger charge is -2.01. The molecule has 0 radical (unpaired) electrons.